The third-order valence-corrected chi connectivity index (χ3v) is 5.18. The minimum atomic E-state index is -0.417. The van der Waals surface area contributed by atoms with Crippen LogP contribution in [0.15, 0.2) is 48.5 Å². The minimum absolute atomic E-state index is 0.181. The molecule has 2 aromatic rings. The normalized spacial score (nSPS) is 18.5. The van der Waals surface area contributed by atoms with Crippen LogP contribution in [0.25, 0.3) is 0 Å². The maximum absolute atomic E-state index is 13.1. The molecule has 1 heterocycles. The molecule has 1 aliphatic rings. The van der Waals surface area contributed by atoms with Crippen LogP contribution in [0.2, 0.25) is 0 Å². The van der Waals surface area contributed by atoms with Gasteiger partial charge in [0.2, 0.25) is 0 Å². The molecule has 3 N–H and O–H groups in total. The Morgan fingerprint density at radius 2 is 2.00 bits per heavy atom. The van der Waals surface area contributed by atoms with Crippen LogP contribution in [0.5, 0.6) is 0 Å². The lowest BCUT2D eigenvalue weighted by Gasteiger charge is -2.30. The molecule has 0 bridgehead atoms. The van der Waals surface area contributed by atoms with Crippen LogP contribution in [-0.2, 0) is 11.2 Å². The fourth-order valence-corrected chi connectivity index (χ4v) is 3.72. The maximum atomic E-state index is 13.1. The molecule has 0 unspecified atom stereocenters. The number of ether oxygens (including phenoxy) is 1. The summed E-state index contributed by atoms with van der Waals surface area (Å²) < 4.78 is 18.1. The molecule has 30 heavy (non-hydrogen) atoms. The molecule has 7 heteroatoms. The molecule has 1 aliphatic heterocycles. The molecule has 0 spiro atoms. The predicted molar refractivity (Wildman–Crippen MR) is 114 cm³/mol. The minimum Gasteiger partial charge on any atom is -0.462 e. The van der Waals surface area contributed by atoms with Crippen LogP contribution in [0.3, 0.4) is 0 Å². The van der Waals surface area contributed by atoms with E-state index in [4.69, 9.17) is 4.74 Å². The van der Waals surface area contributed by atoms with Crippen molar-refractivity contribution in [1.82, 2.24) is 10.6 Å². The van der Waals surface area contributed by atoms with Gasteiger partial charge < -0.3 is 20.7 Å². The number of hydrogen-bond donors (Lipinski definition) is 3. The number of carbonyl (C=O) groups excluding carboxylic acids is 2. The highest BCUT2D eigenvalue weighted by atomic mass is 19.1. The molecule has 2 aromatic carbocycles. The summed E-state index contributed by atoms with van der Waals surface area (Å²) in [5.74, 6) is -0.141. The second-order valence-corrected chi connectivity index (χ2v) is 7.51. The van der Waals surface area contributed by atoms with Crippen molar-refractivity contribution in [3.8, 4) is 0 Å². The Labute approximate surface area is 176 Å². The Morgan fingerprint density at radius 1 is 1.20 bits per heavy atom. The molecule has 0 aliphatic carbocycles. The predicted octanol–water partition coefficient (Wildman–Crippen LogP) is 3.73. The Kier molecular flexibility index (Phi) is 7.79. The van der Waals surface area contributed by atoms with E-state index in [0.717, 1.165) is 31.4 Å². The lowest BCUT2D eigenvalue weighted by Crippen LogP contribution is -2.47. The van der Waals surface area contributed by atoms with Crippen molar-refractivity contribution in [2.75, 3.05) is 25.0 Å². The van der Waals surface area contributed by atoms with Gasteiger partial charge >= 0.3 is 12.0 Å². The summed E-state index contributed by atoms with van der Waals surface area (Å²) in [6.07, 6.45) is 2.90. The molecule has 160 valence electrons. The molecule has 0 aromatic heterocycles. The van der Waals surface area contributed by atoms with Gasteiger partial charge in [0, 0.05) is 18.3 Å². The molecule has 2 amide bonds. The van der Waals surface area contributed by atoms with E-state index >= 15 is 0 Å². The average molecular weight is 413 g/mol. The number of anilines is 1. The van der Waals surface area contributed by atoms with Crippen LogP contribution in [0, 0.1) is 11.7 Å². The largest absolute Gasteiger partial charge is 0.462 e. The van der Waals surface area contributed by atoms with E-state index < -0.39 is 5.97 Å². The van der Waals surface area contributed by atoms with E-state index in [1.807, 2.05) is 12.1 Å². The van der Waals surface area contributed by atoms with Gasteiger partial charge in [-0.2, -0.15) is 0 Å². The number of benzene rings is 2. The number of piperidine rings is 1. The Balaban J connectivity index is 1.45. The lowest BCUT2D eigenvalue weighted by atomic mass is 9.87. The third-order valence-electron chi connectivity index (χ3n) is 5.18. The van der Waals surface area contributed by atoms with E-state index in [9.17, 15) is 14.0 Å². The Morgan fingerprint density at radius 3 is 2.77 bits per heavy atom. The summed E-state index contributed by atoms with van der Waals surface area (Å²) in [6, 6.07) is 13.2. The van der Waals surface area contributed by atoms with Crippen molar-refractivity contribution in [3.63, 3.8) is 0 Å². The fourth-order valence-electron chi connectivity index (χ4n) is 3.72. The van der Waals surface area contributed by atoms with Crippen LogP contribution in [-0.4, -0.2) is 37.7 Å². The second kappa shape index (κ2) is 10.7. The second-order valence-electron chi connectivity index (χ2n) is 7.51. The number of halogens is 1. The van der Waals surface area contributed by atoms with Gasteiger partial charge in [-0.1, -0.05) is 18.2 Å². The number of rotatable bonds is 7. The number of hydrogen-bond acceptors (Lipinski definition) is 4. The first-order chi connectivity index (χ1) is 14.5. The summed E-state index contributed by atoms with van der Waals surface area (Å²) in [5.41, 5.74) is 2.06. The third kappa shape index (κ3) is 6.56. The van der Waals surface area contributed by atoms with Crippen molar-refractivity contribution in [3.05, 3.63) is 65.5 Å². The molecule has 2 atom stereocenters. The highest BCUT2D eigenvalue weighted by Gasteiger charge is 2.22. The van der Waals surface area contributed by atoms with Crippen molar-refractivity contribution in [1.29, 1.82) is 0 Å². The van der Waals surface area contributed by atoms with Crippen LogP contribution < -0.4 is 16.0 Å². The number of nitrogens with one attached hydrogen (secondary N) is 3. The average Bonchev–Trinajstić information content (AvgIpc) is 2.75. The smallest absolute Gasteiger partial charge is 0.338 e. The fraction of sp³-hybridized carbons (Fsp3) is 0.391. The zero-order valence-electron chi connectivity index (χ0n) is 17.1. The summed E-state index contributed by atoms with van der Waals surface area (Å²) in [5, 5.41) is 9.08. The Hall–Kier alpha value is -2.93. The highest BCUT2D eigenvalue weighted by Crippen LogP contribution is 2.21. The lowest BCUT2D eigenvalue weighted by molar-refractivity contribution is 0.0526. The summed E-state index contributed by atoms with van der Waals surface area (Å²) in [6.45, 7) is 3.44. The van der Waals surface area contributed by atoms with Gasteiger partial charge in [-0.15, -0.1) is 0 Å². The topological polar surface area (TPSA) is 79.5 Å². The van der Waals surface area contributed by atoms with E-state index in [1.54, 1.807) is 31.2 Å². The molecule has 1 fully saturated rings. The quantitative estimate of drug-likeness (QED) is 0.605. The first-order valence-electron chi connectivity index (χ1n) is 10.3. The summed E-state index contributed by atoms with van der Waals surface area (Å²) >= 11 is 0. The number of urea groups is 1. The Bertz CT molecular complexity index is 857. The summed E-state index contributed by atoms with van der Waals surface area (Å²) in [7, 11) is 0. The van der Waals surface area contributed by atoms with Gasteiger partial charge in [0.1, 0.15) is 5.82 Å². The number of esters is 1. The molecule has 6 nitrogen and oxygen atoms in total. The number of carbonyl (C=O) groups is 2. The van der Waals surface area contributed by atoms with Crippen LogP contribution in [0.4, 0.5) is 14.9 Å². The van der Waals surface area contributed by atoms with Crippen molar-refractivity contribution < 1.29 is 18.7 Å². The number of amides is 2. The van der Waals surface area contributed by atoms with Crippen molar-refractivity contribution >= 4 is 17.7 Å². The van der Waals surface area contributed by atoms with E-state index in [1.165, 1.54) is 12.1 Å². The van der Waals surface area contributed by atoms with Crippen molar-refractivity contribution in [2.24, 2.45) is 5.92 Å². The molecule has 0 saturated carbocycles. The molecule has 3 rings (SSSR count). The van der Waals surface area contributed by atoms with Gasteiger partial charge in [0.05, 0.1) is 12.2 Å². The van der Waals surface area contributed by atoms with E-state index in [-0.39, 0.29) is 17.9 Å². The van der Waals surface area contributed by atoms with Gasteiger partial charge in [0.25, 0.3) is 0 Å². The van der Waals surface area contributed by atoms with E-state index in [2.05, 4.69) is 16.0 Å². The zero-order valence-corrected chi connectivity index (χ0v) is 17.1. The first-order valence-corrected chi connectivity index (χ1v) is 10.3. The van der Waals surface area contributed by atoms with Gasteiger partial charge in [-0.25, -0.2) is 14.0 Å². The molecule has 0 radical (unpaired) electrons. The standard InChI is InChI=1S/C23H28FN3O3/c1-2-30-22(28)18-4-3-5-20(14-18)27-23(29)26-15-21-13-17(10-11-25-21)12-16-6-8-19(24)9-7-16/h3-9,14,17,21,25H,2,10-13,15H2,1H3,(H2,26,27,29)/t17-,21-/m0/s1. The maximum Gasteiger partial charge on any atom is 0.338 e. The first kappa shape index (κ1) is 21.8. The van der Waals surface area contributed by atoms with E-state index in [0.29, 0.717) is 30.3 Å². The molecular formula is C23H28FN3O3. The monoisotopic (exact) mass is 413 g/mol. The highest BCUT2D eigenvalue weighted by molar-refractivity contribution is 5.93. The zero-order chi connectivity index (χ0) is 21.3. The van der Waals surface area contributed by atoms with Gasteiger partial charge in [0.15, 0.2) is 0 Å². The molecule has 1 saturated heterocycles. The van der Waals surface area contributed by atoms with Crippen molar-refractivity contribution in [2.45, 2.75) is 32.2 Å². The summed E-state index contributed by atoms with van der Waals surface area (Å²) in [4.78, 5) is 24.1. The van der Waals surface area contributed by atoms with Gasteiger partial charge in [-0.3, -0.25) is 0 Å². The SMILES string of the molecule is CCOC(=O)c1cccc(NC(=O)NC[C@@H]2C[C@H](Cc3ccc(F)cc3)CCN2)c1. The van der Waals surface area contributed by atoms with Crippen LogP contribution in [0.1, 0.15) is 35.7 Å². The van der Waals surface area contributed by atoms with Crippen LogP contribution >= 0.6 is 0 Å². The van der Waals surface area contributed by atoms with Gasteiger partial charge in [-0.05, 0) is 74.5 Å². The molecular weight excluding hydrogens is 385 g/mol.